The van der Waals surface area contributed by atoms with Crippen LogP contribution in [0.3, 0.4) is 0 Å². The van der Waals surface area contributed by atoms with E-state index in [1.807, 2.05) is 0 Å². The maximum Gasteiger partial charge on any atom is 0.259 e. The number of amides is 3. The van der Waals surface area contributed by atoms with Crippen molar-refractivity contribution in [3.05, 3.63) is 65.5 Å². The molecule has 0 saturated heterocycles. The van der Waals surface area contributed by atoms with Gasteiger partial charge < -0.3 is 25.9 Å². The molecule has 0 saturated carbocycles. The topological polar surface area (TPSA) is 169 Å². The Balaban J connectivity index is 1.81. The zero-order valence-electron chi connectivity index (χ0n) is 20.6. The molecule has 3 amide bonds. The van der Waals surface area contributed by atoms with Crippen molar-refractivity contribution in [2.24, 2.45) is 0 Å². The van der Waals surface area contributed by atoms with Gasteiger partial charge in [0, 0.05) is 58.0 Å². The Morgan fingerprint density at radius 1 is 0.974 bits per heavy atom. The van der Waals surface area contributed by atoms with Crippen molar-refractivity contribution in [3.63, 3.8) is 0 Å². The predicted octanol–water partition coefficient (Wildman–Crippen LogP) is 1.39. The van der Waals surface area contributed by atoms with Crippen LogP contribution in [-0.2, 0) is 20.9 Å². The molecule has 194 valence electrons. The molecule has 1 aliphatic rings. The Kier molecular flexibility index (Phi) is 6.09. The first-order valence-electron chi connectivity index (χ1n) is 11.8. The summed E-state index contributed by atoms with van der Waals surface area (Å²) in [5, 5.41) is 25.6. The number of hydrogen-bond donors (Lipinski definition) is 5. The number of carbonyl (C=O) groups excluding carboxylic acids is 4. The molecule has 1 aliphatic heterocycles. The minimum absolute atomic E-state index is 0.0226. The van der Waals surface area contributed by atoms with Crippen LogP contribution in [0.15, 0.2) is 48.8 Å². The third-order valence-corrected chi connectivity index (χ3v) is 6.53. The average Bonchev–Trinajstić information content (AvgIpc) is 3.48. The summed E-state index contributed by atoms with van der Waals surface area (Å²) in [6.07, 6.45) is 2.08. The Labute approximate surface area is 216 Å². The molecule has 1 unspecified atom stereocenters. The third-order valence-electron chi connectivity index (χ3n) is 6.53. The van der Waals surface area contributed by atoms with E-state index in [-0.39, 0.29) is 29.4 Å². The standard InChI is InChI=1S/C27H25N5O6/c1-13(34)15-3-5-23-18(7-15)21(11-32(23)28)25-24(26(37)30-27(25)38)20-10-31(9-17(36)12-33)22-6-4-16(8-19(20)22)29-14(2)35/h3-8,10-11,17,33,36H,9,12,28H2,1-2H3,(H,29,35)(H,30,37,38). The number of nitrogens with zero attached hydrogens (tertiary/aromatic N) is 2. The molecular formula is C27H25N5O6. The molecule has 0 radical (unpaired) electrons. The molecule has 5 rings (SSSR count). The van der Waals surface area contributed by atoms with E-state index in [1.54, 1.807) is 47.2 Å². The number of benzene rings is 2. The van der Waals surface area contributed by atoms with Gasteiger partial charge in [-0.05, 0) is 43.3 Å². The largest absolute Gasteiger partial charge is 0.394 e. The summed E-state index contributed by atoms with van der Waals surface area (Å²) in [7, 11) is 0. The van der Waals surface area contributed by atoms with Crippen LogP contribution in [0, 0.1) is 0 Å². The first-order valence-corrected chi connectivity index (χ1v) is 11.8. The smallest absolute Gasteiger partial charge is 0.259 e. The maximum atomic E-state index is 13.2. The van der Waals surface area contributed by atoms with Gasteiger partial charge in [0.05, 0.1) is 35.9 Å². The molecule has 11 heteroatoms. The Morgan fingerprint density at radius 3 is 2.24 bits per heavy atom. The van der Waals surface area contributed by atoms with Crippen molar-refractivity contribution in [2.45, 2.75) is 26.5 Å². The lowest BCUT2D eigenvalue weighted by atomic mass is 9.95. The second-order valence-electron chi connectivity index (χ2n) is 9.22. The van der Waals surface area contributed by atoms with Gasteiger partial charge >= 0.3 is 0 Å². The van der Waals surface area contributed by atoms with E-state index in [9.17, 15) is 29.4 Å². The number of anilines is 1. The second-order valence-corrected chi connectivity index (χ2v) is 9.22. The number of nitrogens with one attached hydrogen (secondary N) is 2. The van der Waals surface area contributed by atoms with E-state index < -0.39 is 24.5 Å². The van der Waals surface area contributed by atoms with Gasteiger partial charge in [0.1, 0.15) is 0 Å². The summed E-state index contributed by atoms with van der Waals surface area (Å²) in [4.78, 5) is 50.1. The van der Waals surface area contributed by atoms with Gasteiger partial charge in [-0.15, -0.1) is 0 Å². The van der Waals surface area contributed by atoms with Gasteiger partial charge in [-0.25, -0.2) is 0 Å². The molecule has 0 fully saturated rings. The highest BCUT2D eigenvalue weighted by molar-refractivity contribution is 6.50. The van der Waals surface area contributed by atoms with Gasteiger partial charge in [0.25, 0.3) is 11.8 Å². The Bertz CT molecular complexity index is 1710. The average molecular weight is 516 g/mol. The summed E-state index contributed by atoms with van der Waals surface area (Å²) in [6.45, 7) is 2.35. The molecule has 2 aromatic heterocycles. The molecule has 11 nitrogen and oxygen atoms in total. The van der Waals surface area contributed by atoms with E-state index in [0.717, 1.165) is 0 Å². The first-order chi connectivity index (χ1) is 18.1. The van der Waals surface area contributed by atoms with Crippen molar-refractivity contribution >= 4 is 62.1 Å². The van der Waals surface area contributed by atoms with Crippen LogP contribution in [0.25, 0.3) is 33.0 Å². The summed E-state index contributed by atoms with van der Waals surface area (Å²) in [5.41, 5.74) is 2.99. The van der Waals surface area contributed by atoms with Gasteiger partial charge in [-0.3, -0.25) is 29.2 Å². The quantitative estimate of drug-likeness (QED) is 0.141. The number of imide groups is 1. The molecule has 4 aromatic rings. The molecule has 3 heterocycles. The molecule has 1 atom stereocenters. The summed E-state index contributed by atoms with van der Waals surface area (Å²) in [5.74, 6) is 4.46. The van der Waals surface area contributed by atoms with Crippen LogP contribution in [0.1, 0.15) is 35.3 Å². The lowest BCUT2D eigenvalue weighted by Crippen LogP contribution is -2.22. The van der Waals surface area contributed by atoms with Gasteiger partial charge in [0.15, 0.2) is 5.78 Å². The maximum absolute atomic E-state index is 13.2. The molecular weight excluding hydrogens is 490 g/mol. The highest BCUT2D eigenvalue weighted by atomic mass is 16.3. The van der Waals surface area contributed by atoms with Crippen molar-refractivity contribution in [1.82, 2.24) is 14.6 Å². The minimum Gasteiger partial charge on any atom is -0.394 e. The fraction of sp³-hybridized carbons (Fsp3) is 0.185. The summed E-state index contributed by atoms with van der Waals surface area (Å²) >= 11 is 0. The zero-order valence-corrected chi connectivity index (χ0v) is 20.6. The van der Waals surface area contributed by atoms with Gasteiger partial charge in [-0.2, -0.15) is 0 Å². The SMILES string of the molecule is CC(=O)Nc1ccc2c(c1)c(C1=C(c3cn(N)c4ccc(C(C)=O)cc34)C(=O)NC1=O)cn2CC(O)CO. The monoisotopic (exact) mass is 515 g/mol. The van der Waals surface area contributed by atoms with Gasteiger partial charge in [0.2, 0.25) is 5.91 Å². The number of carbonyl (C=O) groups is 4. The fourth-order valence-corrected chi connectivity index (χ4v) is 4.86. The molecule has 0 bridgehead atoms. The number of fused-ring (bicyclic) bond motifs is 2. The van der Waals surface area contributed by atoms with Crippen LogP contribution in [-0.4, -0.2) is 55.7 Å². The lowest BCUT2D eigenvalue weighted by Gasteiger charge is -2.10. The first kappa shape index (κ1) is 24.9. The highest BCUT2D eigenvalue weighted by Crippen LogP contribution is 2.39. The van der Waals surface area contributed by atoms with E-state index in [0.29, 0.717) is 44.2 Å². The number of Topliss-reactive ketones (excluding diaryl/α,β-unsaturated/α-hetero) is 1. The zero-order chi connectivity index (χ0) is 27.3. The Morgan fingerprint density at radius 2 is 1.61 bits per heavy atom. The minimum atomic E-state index is -1.07. The number of aliphatic hydroxyl groups excluding tert-OH is 2. The van der Waals surface area contributed by atoms with Crippen LogP contribution in [0.2, 0.25) is 0 Å². The number of nitrogens with two attached hydrogens (primary N) is 1. The number of ketones is 1. The van der Waals surface area contributed by atoms with Crippen molar-refractivity contribution in [1.29, 1.82) is 0 Å². The summed E-state index contributed by atoms with van der Waals surface area (Å²) < 4.78 is 2.99. The van der Waals surface area contributed by atoms with E-state index in [1.165, 1.54) is 24.7 Å². The number of aromatic nitrogens is 2. The Hall–Kier alpha value is -4.74. The van der Waals surface area contributed by atoms with E-state index >= 15 is 0 Å². The van der Waals surface area contributed by atoms with E-state index in [4.69, 9.17) is 5.84 Å². The highest BCUT2D eigenvalue weighted by Gasteiger charge is 2.35. The fourth-order valence-electron chi connectivity index (χ4n) is 4.86. The number of hydrogen-bond acceptors (Lipinski definition) is 7. The lowest BCUT2D eigenvalue weighted by molar-refractivity contribution is -0.123. The van der Waals surface area contributed by atoms with Crippen LogP contribution >= 0.6 is 0 Å². The molecule has 6 N–H and O–H groups in total. The van der Waals surface area contributed by atoms with E-state index in [2.05, 4.69) is 10.6 Å². The van der Waals surface area contributed by atoms with Crippen molar-refractivity contribution in [2.75, 3.05) is 17.8 Å². The second kappa shape index (κ2) is 9.29. The number of rotatable bonds is 7. The van der Waals surface area contributed by atoms with Crippen LogP contribution in [0.5, 0.6) is 0 Å². The molecule has 2 aromatic carbocycles. The third kappa shape index (κ3) is 4.13. The molecule has 0 aliphatic carbocycles. The normalized spacial score (nSPS) is 14.4. The summed E-state index contributed by atoms with van der Waals surface area (Å²) in [6, 6.07) is 10.0. The number of aliphatic hydroxyl groups is 2. The van der Waals surface area contributed by atoms with Crippen molar-refractivity contribution < 1.29 is 29.4 Å². The van der Waals surface area contributed by atoms with Gasteiger partial charge in [-0.1, -0.05) is 0 Å². The number of nitrogen functional groups attached to an aromatic ring is 1. The van der Waals surface area contributed by atoms with Crippen LogP contribution in [0.4, 0.5) is 5.69 Å². The molecule has 38 heavy (non-hydrogen) atoms. The van der Waals surface area contributed by atoms with Crippen LogP contribution < -0.4 is 16.5 Å². The predicted molar refractivity (Wildman–Crippen MR) is 141 cm³/mol. The molecule has 0 spiro atoms. The van der Waals surface area contributed by atoms with Crippen molar-refractivity contribution in [3.8, 4) is 0 Å².